The van der Waals surface area contributed by atoms with Crippen LogP contribution in [0.15, 0.2) is 97.2 Å². The molecular formula is C32H32ClN3O3. The Hall–Kier alpha value is -3.87. The number of unbranched alkanes of at least 4 members (excludes halogenated alkanes) is 1. The molecule has 0 bridgehead atoms. The number of rotatable bonds is 10. The number of amides is 2. The monoisotopic (exact) mass is 541 g/mol. The summed E-state index contributed by atoms with van der Waals surface area (Å²) in [6, 6.07) is 28.8. The molecule has 0 radical (unpaired) electrons. The first-order chi connectivity index (χ1) is 19.1. The van der Waals surface area contributed by atoms with E-state index in [0.29, 0.717) is 18.2 Å². The van der Waals surface area contributed by atoms with E-state index in [1.807, 2.05) is 102 Å². The zero-order valence-electron chi connectivity index (χ0n) is 22.0. The van der Waals surface area contributed by atoms with Crippen LogP contribution in [0.1, 0.15) is 42.6 Å². The molecular weight excluding hydrogens is 510 g/mol. The number of benzene rings is 3. The molecule has 5 rings (SSSR count). The molecule has 0 saturated carbocycles. The van der Waals surface area contributed by atoms with E-state index in [-0.39, 0.29) is 25.0 Å². The molecule has 7 heteroatoms. The quantitative estimate of drug-likeness (QED) is 0.233. The van der Waals surface area contributed by atoms with Gasteiger partial charge in [-0.05, 0) is 53.9 Å². The fourth-order valence-corrected chi connectivity index (χ4v) is 5.25. The van der Waals surface area contributed by atoms with E-state index in [1.165, 1.54) is 0 Å². The van der Waals surface area contributed by atoms with Gasteiger partial charge in [-0.1, -0.05) is 79.5 Å². The van der Waals surface area contributed by atoms with Crippen LogP contribution in [-0.4, -0.2) is 41.0 Å². The van der Waals surface area contributed by atoms with Gasteiger partial charge >= 0.3 is 0 Å². The summed E-state index contributed by atoms with van der Waals surface area (Å²) in [5.74, 6) is -0.354. The lowest BCUT2D eigenvalue weighted by atomic mass is 9.97. The van der Waals surface area contributed by atoms with E-state index in [1.54, 1.807) is 4.90 Å². The summed E-state index contributed by atoms with van der Waals surface area (Å²) >= 11 is 6.39. The van der Waals surface area contributed by atoms with Crippen LogP contribution in [0.25, 0.3) is 5.69 Å². The minimum atomic E-state index is -0.390. The van der Waals surface area contributed by atoms with Gasteiger partial charge in [-0.15, -0.1) is 0 Å². The van der Waals surface area contributed by atoms with Gasteiger partial charge in [0.15, 0.2) is 0 Å². The number of carbonyl (C=O) groups is 2. The first-order valence-electron chi connectivity index (χ1n) is 13.3. The van der Waals surface area contributed by atoms with Gasteiger partial charge in [0.05, 0.1) is 23.7 Å². The smallest absolute Gasteiger partial charge is 0.249 e. The van der Waals surface area contributed by atoms with E-state index >= 15 is 0 Å². The first-order valence-corrected chi connectivity index (χ1v) is 13.7. The Bertz CT molecular complexity index is 1440. The Balaban J connectivity index is 1.42. The van der Waals surface area contributed by atoms with E-state index in [4.69, 9.17) is 16.3 Å². The highest BCUT2D eigenvalue weighted by Crippen LogP contribution is 2.42. The summed E-state index contributed by atoms with van der Waals surface area (Å²) < 4.78 is 7.84. The number of fused-ring (bicyclic) bond motifs is 3. The largest absolute Gasteiger partial charge is 0.367 e. The number of ether oxygens (including phenoxy) is 1. The number of aromatic nitrogens is 1. The van der Waals surface area contributed by atoms with Crippen LogP contribution in [-0.2, 0) is 20.9 Å². The predicted molar refractivity (Wildman–Crippen MR) is 154 cm³/mol. The van der Waals surface area contributed by atoms with Crippen molar-refractivity contribution in [1.29, 1.82) is 0 Å². The fourth-order valence-electron chi connectivity index (χ4n) is 5.06. The molecule has 2 heterocycles. The maximum absolute atomic E-state index is 14.2. The molecule has 1 aromatic heterocycles. The minimum Gasteiger partial charge on any atom is -0.367 e. The van der Waals surface area contributed by atoms with E-state index < -0.39 is 6.04 Å². The Morgan fingerprint density at radius 2 is 1.69 bits per heavy atom. The molecule has 0 spiro atoms. The number of anilines is 1. The van der Waals surface area contributed by atoms with Gasteiger partial charge in [0.1, 0.15) is 19.2 Å². The first kappa shape index (κ1) is 26.7. The van der Waals surface area contributed by atoms with Crippen molar-refractivity contribution in [2.45, 2.75) is 32.4 Å². The van der Waals surface area contributed by atoms with Gasteiger partial charge in [0, 0.05) is 17.8 Å². The zero-order chi connectivity index (χ0) is 27.2. The molecule has 1 aliphatic heterocycles. The maximum Gasteiger partial charge on any atom is 0.249 e. The van der Waals surface area contributed by atoms with Gasteiger partial charge in [0.2, 0.25) is 11.8 Å². The Morgan fingerprint density at radius 3 is 2.46 bits per heavy atom. The summed E-state index contributed by atoms with van der Waals surface area (Å²) in [5.41, 5.74) is 4.57. The Morgan fingerprint density at radius 1 is 0.923 bits per heavy atom. The maximum atomic E-state index is 14.2. The molecule has 6 nitrogen and oxygen atoms in total. The van der Waals surface area contributed by atoms with Crippen LogP contribution < -0.4 is 4.90 Å². The fraction of sp³-hybridized carbons (Fsp3) is 0.250. The summed E-state index contributed by atoms with van der Waals surface area (Å²) in [4.78, 5) is 30.9. The van der Waals surface area contributed by atoms with Crippen molar-refractivity contribution in [3.05, 3.63) is 119 Å². The minimum absolute atomic E-state index is 0.0420. The highest BCUT2D eigenvalue weighted by Gasteiger charge is 2.37. The van der Waals surface area contributed by atoms with Crippen molar-refractivity contribution < 1.29 is 14.3 Å². The highest BCUT2D eigenvalue weighted by atomic mass is 35.5. The molecule has 0 N–H and O–H groups in total. The molecule has 1 aliphatic rings. The second-order valence-electron chi connectivity index (χ2n) is 9.66. The molecule has 1 unspecified atom stereocenters. The zero-order valence-corrected chi connectivity index (χ0v) is 22.8. The average molecular weight is 542 g/mol. The lowest BCUT2D eigenvalue weighted by molar-refractivity contribution is -0.139. The standard InChI is InChI=1S/C32H32ClN3O3/c1-2-3-18-34(31(38)23-39-22-24-11-5-4-6-12-24)21-30(37)36-28-16-8-7-15-27(28)35-19-10-17-29(35)32(36)25-13-9-14-26(33)20-25/h4-17,19-20,32H,2-3,18,21-23H2,1H3. The van der Waals surface area contributed by atoms with Gasteiger partial charge in [-0.2, -0.15) is 0 Å². The van der Waals surface area contributed by atoms with Crippen molar-refractivity contribution in [3.8, 4) is 5.69 Å². The summed E-state index contributed by atoms with van der Waals surface area (Å²) in [6.45, 7) is 2.78. The van der Waals surface area contributed by atoms with Crippen molar-refractivity contribution in [1.82, 2.24) is 9.47 Å². The molecule has 200 valence electrons. The second-order valence-corrected chi connectivity index (χ2v) is 10.1. The number of nitrogens with zero attached hydrogens (tertiary/aromatic N) is 3. The van der Waals surface area contributed by atoms with Crippen molar-refractivity contribution in [2.24, 2.45) is 0 Å². The van der Waals surface area contributed by atoms with E-state index in [9.17, 15) is 9.59 Å². The van der Waals surface area contributed by atoms with E-state index in [2.05, 4.69) is 11.5 Å². The third-order valence-corrected chi connectivity index (χ3v) is 7.19. The Labute approximate surface area is 234 Å². The van der Waals surface area contributed by atoms with Crippen LogP contribution in [0.5, 0.6) is 0 Å². The number of hydrogen-bond donors (Lipinski definition) is 0. The topological polar surface area (TPSA) is 54.8 Å². The van der Waals surface area contributed by atoms with Crippen LogP contribution in [0.4, 0.5) is 5.69 Å². The second kappa shape index (κ2) is 12.3. The van der Waals surface area contributed by atoms with Gasteiger partial charge in [-0.3, -0.25) is 14.5 Å². The molecule has 0 saturated heterocycles. The summed E-state index contributed by atoms with van der Waals surface area (Å²) in [6.07, 6.45) is 3.72. The van der Waals surface area contributed by atoms with Gasteiger partial charge in [0.25, 0.3) is 0 Å². The molecule has 39 heavy (non-hydrogen) atoms. The lowest BCUT2D eigenvalue weighted by Crippen LogP contribution is -2.47. The van der Waals surface area contributed by atoms with Crippen LogP contribution in [0.3, 0.4) is 0 Å². The molecule has 0 fully saturated rings. The lowest BCUT2D eigenvalue weighted by Gasteiger charge is -2.39. The third-order valence-electron chi connectivity index (χ3n) is 6.95. The highest BCUT2D eigenvalue weighted by molar-refractivity contribution is 6.30. The molecule has 3 aromatic carbocycles. The van der Waals surface area contributed by atoms with Crippen LogP contribution in [0, 0.1) is 0 Å². The Kier molecular flexibility index (Phi) is 8.45. The summed E-state index contributed by atoms with van der Waals surface area (Å²) in [5, 5.41) is 0.604. The molecule has 4 aromatic rings. The van der Waals surface area contributed by atoms with Crippen LogP contribution >= 0.6 is 11.6 Å². The van der Waals surface area contributed by atoms with Gasteiger partial charge in [-0.25, -0.2) is 0 Å². The average Bonchev–Trinajstić information content (AvgIpc) is 3.45. The number of carbonyl (C=O) groups excluding carboxylic acids is 2. The van der Waals surface area contributed by atoms with Crippen molar-refractivity contribution in [3.63, 3.8) is 0 Å². The normalized spacial score (nSPS) is 14.0. The van der Waals surface area contributed by atoms with Gasteiger partial charge < -0.3 is 14.2 Å². The van der Waals surface area contributed by atoms with Crippen LogP contribution in [0.2, 0.25) is 5.02 Å². The van der Waals surface area contributed by atoms with Crippen molar-refractivity contribution in [2.75, 3.05) is 24.6 Å². The van der Waals surface area contributed by atoms with E-state index in [0.717, 1.165) is 41.0 Å². The number of para-hydroxylation sites is 2. The third kappa shape index (κ3) is 5.92. The van der Waals surface area contributed by atoms with Crippen molar-refractivity contribution >= 4 is 29.1 Å². The molecule has 2 amide bonds. The SMILES string of the molecule is CCCCN(CC(=O)N1c2ccccc2-n2cccc2C1c1cccc(Cl)c1)C(=O)COCc1ccccc1. The molecule has 1 atom stereocenters. The summed E-state index contributed by atoms with van der Waals surface area (Å²) in [7, 11) is 0. The number of hydrogen-bond acceptors (Lipinski definition) is 3. The predicted octanol–water partition coefficient (Wildman–Crippen LogP) is 6.41. The number of halogens is 1. The molecule has 0 aliphatic carbocycles.